The van der Waals surface area contributed by atoms with E-state index in [-0.39, 0.29) is 13.2 Å². The van der Waals surface area contributed by atoms with Crippen LogP contribution in [0.4, 0.5) is 0 Å². The van der Waals surface area contributed by atoms with Gasteiger partial charge in [0.1, 0.15) is 72.1 Å². The fourth-order valence-electron chi connectivity index (χ4n) is 10.5. The van der Waals surface area contributed by atoms with Crippen LogP contribution in [0.1, 0.15) is 66.8 Å². The molecule has 2 saturated heterocycles. The van der Waals surface area contributed by atoms with Gasteiger partial charge in [0.2, 0.25) is 0 Å². The first-order valence-electron chi connectivity index (χ1n) is 25.3. The van der Waals surface area contributed by atoms with E-state index < -0.39 is 61.4 Å². The molecule has 0 saturated carbocycles. The SMILES string of the molecule is CO[C@H]1O[C@H](COc2cc(C)cc(C)c2)[C@@H](O[C@H]2O[C@H](COc3cc(C)cc(C)c3)[C@@H](OC)[C@H](Oc3cc(C)cc(C)c3)[C@H]2Oc2cc(C)cc(C)c2)[C@H](Oc2cc(C)cc(C)c2)[C@H]1Oc1cc(C)cc(C)c1. The number of methoxy groups -OCH3 is 2. The number of ether oxygens (including phenoxy) is 11. The monoisotopic (exact) mass is 995 g/mol. The van der Waals surface area contributed by atoms with Crippen molar-refractivity contribution in [2.24, 2.45) is 0 Å². The van der Waals surface area contributed by atoms with Crippen LogP contribution < -0.4 is 28.4 Å². The van der Waals surface area contributed by atoms with Gasteiger partial charge in [-0.2, -0.15) is 0 Å². The topological polar surface area (TPSA) is 102 Å². The molecule has 2 fully saturated rings. The van der Waals surface area contributed by atoms with E-state index >= 15 is 0 Å². The van der Waals surface area contributed by atoms with Crippen molar-refractivity contribution in [1.82, 2.24) is 0 Å². The molecule has 0 N–H and O–H groups in total. The lowest BCUT2D eigenvalue weighted by atomic mass is 9.95. The van der Waals surface area contributed by atoms with E-state index in [2.05, 4.69) is 64.1 Å². The standard InChI is InChI=1S/C62H74O11/c1-35-15-36(2)22-47(21-35)65-33-53-55(63-13)57(67-49-25-39(5)17-40(6)26-49)60(70-52-31-45(11)20-46(12)32-52)62(72-53)73-56-54(34-66-48-23-37(3)16-38(4)24-48)71-61(64-14)59(69-51-29-43(9)19-44(10)30-51)58(56)68-50-27-41(7)18-42(8)28-50/h15-32,53-62H,33-34H2,1-14H3/t53-,54-,55-,56-,57+,58+,59-,60-,61+,62-/m1/s1. The number of rotatable bonds is 18. The second-order valence-electron chi connectivity index (χ2n) is 20.5. The number of aryl methyl sites for hydroxylation is 12. The minimum atomic E-state index is -1.17. The highest BCUT2D eigenvalue weighted by Crippen LogP contribution is 2.38. The Morgan fingerprint density at radius 1 is 0.288 bits per heavy atom. The summed E-state index contributed by atoms with van der Waals surface area (Å²) in [6.07, 6.45) is -8.90. The highest BCUT2D eigenvalue weighted by atomic mass is 16.8. The van der Waals surface area contributed by atoms with Gasteiger partial charge in [0.05, 0.1) is 0 Å². The third-order valence-electron chi connectivity index (χ3n) is 13.1. The summed E-state index contributed by atoms with van der Waals surface area (Å²) in [4.78, 5) is 0. The van der Waals surface area contributed by atoms with Gasteiger partial charge in [0.25, 0.3) is 0 Å². The summed E-state index contributed by atoms with van der Waals surface area (Å²) in [7, 11) is 3.27. The van der Waals surface area contributed by atoms with Crippen molar-refractivity contribution in [3.63, 3.8) is 0 Å². The zero-order valence-electron chi connectivity index (χ0n) is 45.1. The Morgan fingerprint density at radius 2 is 0.548 bits per heavy atom. The second kappa shape index (κ2) is 23.4. The summed E-state index contributed by atoms with van der Waals surface area (Å²) in [6, 6.07) is 36.8. The summed E-state index contributed by atoms with van der Waals surface area (Å²) in [6.45, 7) is 24.7. The Balaban J connectivity index is 1.29. The van der Waals surface area contributed by atoms with E-state index in [1.54, 1.807) is 14.2 Å². The van der Waals surface area contributed by atoms with E-state index in [4.69, 9.17) is 52.1 Å². The molecule has 11 nitrogen and oxygen atoms in total. The minimum Gasteiger partial charge on any atom is -0.491 e. The first kappa shape index (κ1) is 53.2. The lowest BCUT2D eigenvalue weighted by Crippen LogP contribution is -2.68. The van der Waals surface area contributed by atoms with Crippen LogP contribution in [0, 0.1) is 83.1 Å². The van der Waals surface area contributed by atoms with Crippen LogP contribution >= 0.6 is 0 Å². The van der Waals surface area contributed by atoms with Gasteiger partial charge in [-0.15, -0.1) is 0 Å². The third-order valence-corrected chi connectivity index (χ3v) is 13.1. The molecule has 6 aromatic rings. The van der Waals surface area contributed by atoms with E-state index in [1.807, 2.05) is 128 Å². The molecular weight excluding hydrogens is 921 g/mol. The van der Waals surface area contributed by atoms with E-state index in [9.17, 15) is 0 Å². The molecule has 0 bridgehead atoms. The molecule has 0 aromatic heterocycles. The molecule has 73 heavy (non-hydrogen) atoms. The van der Waals surface area contributed by atoms with Crippen molar-refractivity contribution < 1.29 is 52.1 Å². The number of benzene rings is 6. The predicted octanol–water partition coefficient (Wildman–Crippen LogP) is 12.1. The molecule has 6 aromatic carbocycles. The van der Waals surface area contributed by atoms with Gasteiger partial charge in [-0.25, -0.2) is 0 Å². The lowest BCUT2D eigenvalue weighted by Gasteiger charge is -2.49. The van der Waals surface area contributed by atoms with Gasteiger partial charge in [-0.3, -0.25) is 0 Å². The molecule has 8 rings (SSSR count). The first-order chi connectivity index (χ1) is 34.9. The zero-order valence-corrected chi connectivity index (χ0v) is 45.1. The summed E-state index contributed by atoms with van der Waals surface area (Å²) < 4.78 is 76.5. The van der Waals surface area contributed by atoms with Crippen LogP contribution in [0.2, 0.25) is 0 Å². The summed E-state index contributed by atoms with van der Waals surface area (Å²) in [5, 5.41) is 0. The van der Waals surface area contributed by atoms with E-state index in [0.717, 1.165) is 66.8 Å². The Kier molecular flexibility index (Phi) is 17.1. The average Bonchev–Trinajstić information content (AvgIpc) is 3.28. The normalized spacial score (nSPS) is 23.9. The Hall–Kier alpha value is -6.08. The molecule has 2 aliphatic heterocycles. The fraction of sp³-hybridized carbons (Fsp3) is 0.419. The average molecular weight is 995 g/mol. The smallest absolute Gasteiger partial charge is 0.199 e. The predicted molar refractivity (Wildman–Crippen MR) is 284 cm³/mol. The van der Waals surface area contributed by atoms with Crippen LogP contribution in [0.3, 0.4) is 0 Å². The quantitative estimate of drug-likeness (QED) is 0.0822. The third kappa shape index (κ3) is 13.8. The van der Waals surface area contributed by atoms with Crippen LogP contribution in [0.25, 0.3) is 0 Å². The van der Waals surface area contributed by atoms with Gasteiger partial charge in [0.15, 0.2) is 37.0 Å². The summed E-state index contributed by atoms with van der Waals surface area (Å²) in [5.74, 6) is 3.91. The highest BCUT2D eigenvalue weighted by molar-refractivity contribution is 5.38. The van der Waals surface area contributed by atoms with Crippen molar-refractivity contribution in [2.75, 3.05) is 27.4 Å². The zero-order chi connectivity index (χ0) is 52.1. The van der Waals surface area contributed by atoms with Gasteiger partial charge < -0.3 is 52.1 Å². The first-order valence-corrected chi connectivity index (χ1v) is 25.3. The molecule has 0 aliphatic carbocycles. The minimum absolute atomic E-state index is 0.0498. The fourth-order valence-corrected chi connectivity index (χ4v) is 10.5. The lowest BCUT2D eigenvalue weighted by molar-refractivity contribution is -0.348. The summed E-state index contributed by atoms with van der Waals surface area (Å²) in [5.41, 5.74) is 12.6. The Labute approximate surface area is 432 Å². The Morgan fingerprint density at radius 3 is 0.863 bits per heavy atom. The molecule has 10 atom stereocenters. The largest absolute Gasteiger partial charge is 0.491 e. The van der Waals surface area contributed by atoms with Crippen LogP contribution in [-0.2, 0) is 23.7 Å². The number of hydrogen-bond donors (Lipinski definition) is 0. The molecular formula is C62H74O11. The van der Waals surface area contributed by atoms with Crippen molar-refractivity contribution in [1.29, 1.82) is 0 Å². The highest BCUT2D eigenvalue weighted by Gasteiger charge is 2.56. The van der Waals surface area contributed by atoms with Crippen molar-refractivity contribution in [2.45, 2.75) is 144 Å². The molecule has 0 spiro atoms. The molecule has 11 heteroatoms. The van der Waals surface area contributed by atoms with Crippen molar-refractivity contribution in [3.05, 3.63) is 176 Å². The van der Waals surface area contributed by atoms with E-state index in [1.165, 1.54) is 0 Å². The molecule has 2 aliphatic rings. The van der Waals surface area contributed by atoms with Gasteiger partial charge >= 0.3 is 0 Å². The van der Waals surface area contributed by atoms with Crippen molar-refractivity contribution >= 4 is 0 Å². The second-order valence-corrected chi connectivity index (χ2v) is 20.5. The number of hydrogen-bond acceptors (Lipinski definition) is 11. The maximum absolute atomic E-state index is 7.60. The van der Waals surface area contributed by atoms with Crippen molar-refractivity contribution in [3.8, 4) is 34.5 Å². The molecule has 0 unspecified atom stereocenters. The Bertz CT molecular complexity index is 2720. The van der Waals surface area contributed by atoms with Crippen LogP contribution in [0.15, 0.2) is 109 Å². The summed E-state index contributed by atoms with van der Waals surface area (Å²) >= 11 is 0. The molecule has 388 valence electrons. The molecule has 2 heterocycles. The molecule has 0 amide bonds. The van der Waals surface area contributed by atoms with Crippen LogP contribution in [0.5, 0.6) is 34.5 Å². The van der Waals surface area contributed by atoms with Gasteiger partial charge in [-0.1, -0.05) is 36.4 Å². The van der Waals surface area contributed by atoms with Gasteiger partial charge in [0, 0.05) is 14.2 Å². The van der Waals surface area contributed by atoms with Crippen LogP contribution in [-0.4, -0.2) is 88.8 Å². The van der Waals surface area contributed by atoms with Gasteiger partial charge in [-0.05, 0) is 223 Å². The maximum atomic E-state index is 7.60. The van der Waals surface area contributed by atoms with E-state index in [0.29, 0.717) is 34.5 Å². The maximum Gasteiger partial charge on any atom is 0.199 e. The molecule has 0 radical (unpaired) electrons.